The lowest BCUT2D eigenvalue weighted by Gasteiger charge is -2.20. The van der Waals surface area contributed by atoms with Crippen molar-refractivity contribution in [3.05, 3.63) is 70.2 Å². The Hall–Kier alpha value is -3.65. The van der Waals surface area contributed by atoms with Gasteiger partial charge in [0.15, 0.2) is 0 Å². The van der Waals surface area contributed by atoms with Gasteiger partial charge in [0.2, 0.25) is 0 Å². The Balaban J connectivity index is 1.38. The van der Waals surface area contributed by atoms with Crippen molar-refractivity contribution >= 4 is 11.8 Å². The van der Waals surface area contributed by atoms with Gasteiger partial charge in [0.1, 0.15) is 23.1 Å². The predicted octanol–water partition coefficient (Wildman–Crippen LogP) is 6.09. The van der Waals surface area contributed by atoms with E-state index in [0.29, 0.717) is 36.8 Å². The third kappa shape index (κ3) is 5.71. The van der Waals surface area contributed by atoms with Crippen LogP contribution in [0.2, 0.25) is 0 Å². The number of carboxylic acid groups (broad SMARTS) is 1. The molecule has 2 aliphatic rings. The lowest BCUT2D eigenvalue weighted by Crippen LogP contribution is -2.21. The van der Waals surface area contributed by atoms with Crippen LogP contribution in [-0.4, -0.2) is 40.0 Å². The molecule has 39 heavy (non-hydrogen) atoms. The standard InChI is InChI=1S/C31H35FN2O5/c1-17-11-20(38-10-9-31(3,4)37)12-18(2)29(17)21-5-7-24(32)30-22(21)6-8-25(30)34-27-14-26-23(15-33-27)19(16-39-26)13-28(35)36/h5,7,11-12,14-15,19,25,37H,6,8-10,13,16H2,1-4H3,(H,33,34)(H,35,36)/t19-,25-/m1/s1. The second kappa shape index (κ2) is 10.5. The van der Waals surface area contributed by atoms with E-state index in [0.717, 1.165) is 52.0 Å². The molecule has 0 saturated carbocycles. The molecule has 5 rings (SSSR count). The maximum absolute atomic E-state index is 15.3. The Morgan fingerprint density at radius 2 is 1.97 bits per heavy atom. The summed E-state index contributed by atoms with van der Waals surface area (Å²) >= 11 is 0. The Morgan fingerprint density at radius 3 is 2.67 bits per heavy atom. The molecule has 1 aliphatic heterocycles. The van der Waals surface area contributed by atoms with E-state index in [9.17, 15) is 9.90 Å². The molecule has 0 spiro atoms. The number of aliphatic hydroxyl groups is 1. The molecule has 206 valence electrons. The number of carboxylic acids is 1. The number of anilines is 1. The molecule has 0 unspecified atom stereocenters. The summed E-state index contributed by atoms with van der Waals surface area (Å²) in [6.07, 6.45) is 3.64. The third-order valence-electron chi connectivity index (χ3n) is 7.61. The molecular formula is C31H35FN2O5. The van der Waals surface area contributed by atoms with Crippen molar-refractivity contribution in [2.24, 2.45) is 0 Å². The topological polar surface area (TPSA) is 101 Å². The largest absolute Gasteiger partial charge is 0.493 e. The lowest BCUT2D eigenvalue weighted by atomic mass is 9.90. The molecule has 1 aromatic heterocycles. The van der Waals surface area contributed by atoms with Crippen LogP contribution in [0.5, 0.6) is 11.5 Å². The van der Waals surface area contributed by atoms with Gasteiger partial charge in [0.05, 0.1) is 31.3 Å². The number of nitrogens with one attached hydrogen (secondary N) is 1. The fourth-order valence-electron chi connectivity index (χ4n) is 5.74. The Bertz CT molecular complexity index is 1390. The van der Waals surface area contributed by atoms with Crippen molar-refractivity contribution in [1.82, 2.24) is 4.98 Å². The Morgan fingerprint density at radius 1 is 1.23 bits per heavy atom. The molecular weight excluding hydrogens is 499 g/mol. The second-order valence-electron chi connectivity index (χ2n) is 11.3. The number of ether oxygens (including phenoxy) is 2. The van der Waals surface area contributed by atoms with Crippen molar-refractivity contribution < 1.29 is 28.9 Å². The van der Waals surface area contributed by atoms with Crippen LogP contribution >= 0.6 is 0 Å². The fraction of sp³-hybridized carbons (Fsp3) is 0.419. The number of pyridine rings is 1. The molecule has 1 aliphatic carbocycles. The van der Waals surface area contributed by atoms with E-state index in [2.05, 4.69) is 10.3 Å². The summed E-state index contributed by atoms with van der Waals surface area (Å²) in [6, 6.07) is 8.94. The van der Waals surface area contributed by atoms with E-state index >= 15 is 4.39 Å². The van der Waals surface area contributed by atoms with Crippen LogP contribution in [0.1, 0.15) is 72.9 Å². The number of benzene rings is 2. The monoisotopic (exact) mass is 534 g/mol. The molecule has 0 bridgehead atoms. The van der Waals surface area contributed by atoms with Gasteiger partial charge in [-0.1, -0.05) is 6.07 Å². The first kappa shape index (κ1) is 26.9. The maximum atomic E-state index is 15.3. The molecule has 7 nitrogen and oxygen atoms in total. The summed E-state index contributed by atoms with van der Waals surface area (Å²) in [6.45, 7) is 8.34. The van der Waals surface area contributed by atoms with E-state index < -0.39 is 11.6 Å². The van der Waals surface area contributed by atoms with Crippen LogP contribution in [0, 0.1) is 19.7 Å². The molecule has 0 amide bonds. The number of hydrogen-bond donors (Lipinski definition) is 3. The summed E-state index contributed by atoms with van der Waals surface area (Å²) in [4.78, 5) is 15.6. The predicted molar refractivity (Wildman–Crippen MR) is 147 cm³/mol. The van der Waals surface area contributed by atoms with Crippen molar-refractivity contribution in [2.75, 3.05) is 18.5 Å². The van der Waals surface area contributed by atoms with Gasteiger partial charge in [-0.15, -0.1) is 0 Å². The lowest BCUT2D eigenvalue weighted by molar-refractivity contribution is -0.137. The molecule has 3 N–H and O–H groups in total. The highest BCUT2D eigenvalue weighted by molar-refractivity contribution is 5.77. The number of aryl methyl sites for hydroxylation is 2. The average molecular weight is 535 g/mol. The summed E-state index contributed by atoms with van der Waals surface area (Å²) in [5.41, 5.74) is 5.86. The number of rotatable bonds is 9. The molecule has 0 fully saturated rings. The smallest absolute Gasteiger partial charge is 0.304 e. The number of aliphatic carboxylic acids is 1. The van der Waals surface area contributed by atoms with Gasteiger partial charge < -0.3 is 25.0 Å². The molecule has 3 aromatic rings. The van der Waals surface area contributed by atoms with Crippen molar-refractivity contribution in [3.8, 4) is 22.6 Å². The highest BCUT2D eigenvalue weighted by Gasteiger charge is 2.31. The summed E-state index contributed by atoms with van der Waals surface area (Å²) < 4.78 is 26.9. The van der Waals surface area contributed by atoms with Crippen LogP contribution in [-0.2, 0) is 11.2 Å². The van der Waals surface area contributed by atoms with E-state index in [-0.39, 0.29) is 24.2 Å². The van der Waals surface area contributed by atoms with Crippen LogP contribution in [0.25, 0.3) is 11.1 Å². The SMILES string of the molecule is Cc1cc(OCCC(C)(C)O)cc(C)c1-c1ccc(F)c2c1CC[C@H]2Nc1cc2c(cn1)[C@H](CC(=O)O)CO2. The van der Waals surface area contributed by atoms with Gasteiger partial charge in [-0.25, -0.2) is 9.37 Å². The first-order chi connectivity index (χ1) is 18.5. The zero-order chi connectivity index (χ0) is 27.9. The van der Waals surface area contributed by atoms with E-state index in [4.69, 9.17) is 14.6 Å². The molecule has 2 heterocycles. The first-order valence-corrected chi connectivity index (χ1v) is 13.4. The zero-order valence-corrected chi connectivity index (χ0v) is 22.8. The number of nitrogens with zero attached hydrogens (tertiary/aromatic N) is 1. The van der Waals surface area contributed by atoms with Crippen molar-refractivity contribution in [2.45, 2.75) is 70.9 Å². The van der Waals surface area contributed by atoms with Crippen molar-refractivity contribution in [1.29, 1.82) is 0 Å². The normalized spacial score (nSPS) is 17.9. The Labute approximate surface area is 228 Å². The average Bonchev–Trinajstić information content (AvgIpc) is 3.44. The number of aromatic nitrogens is 1. The minimum absolute atomic E-state index is 0.00177. The van der Waals surface area contributed by atoms with E-state index in [1.165, 1.54) is 6.07 Å². The third-order valence-corrected chi connectivity index (χ3v) is 7.61. The van der Waals surface area contributed by atoms with Gasteiger partial charge in [-0.2, -0.15) is 0 Å². The summed E-state index contributed by atoms with van der Waals surface area (Å²) in [5.74, 6) is 0.632. The number of halogens is 1. The van der Waals surface area contributed by atoms with E-state index in [1.54, 1.807) is 26.1 Å². The van der Waals surface area contributed by atoms with E-state index in [1.807, 2.05) is 32.0 Å². The summed E-state index contributed by atoms with van der Waals surface area (Å²) in [5, 5.41) is 22.5. The Kier molecular flexibility index (Phi) is 7.25. The number of carbonyl (C=O) groups is 1. The van der Waals surface area contributed by atoms with Gasteiger partial charge in [-0.05, 0) is 86.6 Å². The first-order valence-electron chi connectivity index (χ1n) is 13.4. The second-order valence-corrected chi connectivity index (χ2v) is 11.3. The zero-order valence-electron chi connectivity index (χ0n) is 22.8. The minimum atomic E-state index is -0.870. The van der Waals surface area contributed by atoms with Crippen LogP contribution in [0.15, 0.2) is 36.5 Å². The maximum Gasteiger partial charge on any atom is 0.304 e. The quantitative estimate of drug-likeness (QED) is 0.305. The van der Waals surface area contributed by atoms with Crippen LogP contribution in [0.3, 0.4) is 0 Å². The number of hydrogen-bond acceptors (Lipinski definition) is 6. The molecule has 0 saturated heterocycles. The number of fused-ring (bicyclic) bond motifs is 2. The fourth-order valence-corrected chi connectivity index (χ4v) is 5.74. The molecule has 2 atom stereocenters. The van der Waals surface area contributed by atoms with Gasteiger partial charge in [-0.3, -0.25) is 4.79 Å². The van der Waals surface area contributed by atoms with Gasteiger partial charge in [0.25, 0.3) is 0 Å². The molecule has 2 aromatic carbocycles. The molecule has 0 radical (unpaired) electrons. The van der Waals surface area contributed by atoms with Crippen LogP contribution in [0.4, 0.5) is 10.2 Å². The van der Waals surface area contributed by atoms with Crippen LogP contribution < -0.4 is 14.8 Å². The van der Waals surface area contributed by atoms with Crippen molar-refractivity contribution in [3.63, 3.8) is 0 Å². The van der Waals surface area contributed by atoms with Gasteiger partial charge >= 0.3 is 5.97 Å². The van der Waals surface area contributed by atoms with Gasteiger partial charge in [0, 0.05) is 35.7 Å². The molecule has 8 heteroatoms. The highest BCUT2D eigenvalue weighted by atomic mass is 19.1. The summed E-state index contributed by atoms with van der Waals surface area (Å²) in [7, 11) is 0. The minimum Gasteiger partial charge on any atom is -0.493 e. The highest BCUT2D eigenvalue weighted by Crippen LogP contribution is 2.44.